The lowest BCUT2D eigenvalue weighted by Gasteiger charge is -2.23. The van der Waals surface area contributed by atoms with E-state index in [0.717, 1.165) is 35.0 Å². The van der Waals surface area contributed by atoms with Crippen LogP contribution in [0.15, 0.2) is 42.5 Å². The number of nitrogens with zero attached hydrogens (tertiary/aromatic N) is 2. The van der Waals surface area contributed by atoms with Gasteiger partial charge in [-0.25, -0.2) is 4.98 Å². The molecule has 1 amide bonds. The molecule has 2 aromatic carbocycles. The Balaban J connectivity index is 1.97. The van der Waals surface area contributed by atoms with Crippen molar-refractivity contribution in [2.24, 2.45) is 0 Å². The summed E-state index contributed by atoms with van der Waals surface area (Å²) in [6, 6.07) is 13.4. The maximum Gasteiger partial charge on any atom is 0.261 e. The fourth-order valence-corrected chi connectivity index (χ4v) is 4.38. The Hall–Kier alpha value is -1.95. The number of thiazole rings is 1. The zero-order chi connectivity index (χ0) is 19.4. The lowest BCUT2D eigenvalue weighted by Crippen LogP contribution is -3.12. The molecular weight excluding hydrogens is 378 g/mol. The van der Waals surface area contributed by atoms with Crippen LogP contribution < -0.4 is 9.80 Å². The highest BCUT2D eigenvalue weighted by atomic mass is 35.5. The number of aryl methyl sites for hydroxylation is 1. The molecule has 0 aliphatic rings. The van der Waals surface area contributed by atoms with Crippen LogP contribution >= 0.6 is 22.9 Å². The highest BCUT2D eigenvalue weighted by Gasteiger charge is 2.24. The van der Waals surface area contributed by atoms with E-state index in [4.69, 9.17) is 16.6 Å². The van der Waals surface area contributed by atoms with E-state index < -0.39 is 0 Å². The number of hydrogen-bond donors (Lipinski definition) is 1. The molecule has 0 atom stereocenters. The van der Waals surface area contributed by atoms with Crippen molar-refractivity contribution in [1.29, 1.82) is 0 Å². The van der Waals surface area contributed by atoms with Crippen LogP contribution in [0.3, 0.4) is 0 Å². The Labute approximate surface area is 169 Å². The lowest BCUT2D eigenvalue weighted by molar-refractivity contribution is -0.894. The smallest absolute Gasteiger partial charge is 0.261 e. The van der Waals surface area contributed by atoms with E-state index in [2.05, 4.69) is 26.8 Å². The molecule has 27 heavy (non-hydrogen) atoms. The van der Waals surface area contributed by atoms with Crippen molar-refractivity contribution < 1.29 is 9.69 Å². The van der Waals surface area contributed by atoms with Gasteiger partial charge in [0.25, 0.3) is 5.91 Å². The summed E-state index contributed by atoms with van der Waals surface area (Å²) in [6.45, 7) is 9.94. The van der Waals surface area contributed by atoms with Gasteiger partial charge in [-0.3, -0.25) is 9.69 Å². The summed E-state index contributed by atoms with van der Waals surface area (Å²) < 4.78 is 1.09. The van der Waals surface area contributed by atoms with Gasteiger partial charge in [-0.1, -0.05) is 41.1 Å². The Morgan fingerprint density at radius 1 is 1.19 bits per heavy atom. The summed E-state index contributed by atoms with van der Waals surface area (Å²) in [7, 11) is 0. The number of amides is 1. The molecule has 4 nitrogen and oxygen atoms in total. The van der Waals surface area contributed by atoms with Crippen LogP contribution in [0.5, 0.6) is 0 Å². The molecule has 0 aliphatic heterocycles. The average Bonchev–Trinajstić information content (AvgIpc) is 3.08. The number of nitrogens with one attached hydrogen (secondary N) is 1. The number of halogens is 1. The zero-order valence-corrected chi connectivity index (χ0v) is 17.5. The van der Waals surface area contributed by atoms with Crippen LogP contribution in [0.1, 0.15) is 29.8 Å². The van der Waals surface area contributed by atoms with Gasteiger partial charge < -0.3 is 4.90 Å². The number of carbonyl (C=O) groups is 1. The third-order valence-electron chi connectivity index (χ3n) is 4.80. The molecule has 3 aromatic rings. The number of hydrogen-bond acceptors (Lipinski definition) is 3. The van der Waals surface area contributed by atoms with Crippen molar-refractivity contribution in [3.63, 3.8) is 0 Å². The van der Waals surface area contributed by atoms with Crippen LogP contribution in [0.25, 0.3) is 10.2 Å². The van der Waals surface area contributed by atoms with Gasteiger partial charge in [-0.15, -0.1) is 0 Å². The minimum Gasteiger partial charge on any atom is -0.334 e. The van der Waals surface area contributed by atoms with E-state index in [-0.39, 0.29) is 5.91 Å². The van der Waals surface area contributed by atoms with Gasteiger partial charge >= 0.3 is 0 Å². The molecule has 142 valence electrons. The predicted molar refractivity (Wildman–Crippen MR) is 114 cm³/mol. The maximum absolute atomic E-state index is 13.3. The Morgan fingerprint density at radius 3 is 2.63 bits per heavy atom. The van der Waals surface area contributed by atoms with Gasteiger partial charge in [0.2, 0.25) is 0 Å². The minimum atomic E-state index is -0.0945. The van der Waals surface area contributed by atoms with Crippen LogP contribution in [0, 0.1) is 6.92 Å². The Bertz CT molecular complexity index is 936. The number of benzene rings is 2. The van der Waals surface area contributed by atoms with Gasteiger partial charge in [-0.05, 0) is 50.6 Å². The van der Waals surface area contributed by atoms with Crippen molar-refractivity contribution in [3.05, 3.63) is 58.6 Å². The number of likely N-dealkylation sites (N-methyl/N-ethyl adjacent to an activating group) is 1. The molecule has 0 saturated heterocycles. The van der Waals surface area contributed by atoms with Gasteiger partial charge in [0.1, 0.15) is 0 Å². The summed E-state index contributed by atoms with van der Waals surface area (Å²) in [5.41, 5.74) is 2.63. The summed E-state index contributed by atoms with van der Waals surface area (Å²) in [6.07, 6.45) is 0. The topological polar surface area (TPSA) is 37.6 Å². The summed E-state index contributed by atoms with van der Waals surface area (Å²) in [5.74, 6) is -0.0945. The van der Waals surface area contributed by atoms with Crippen LogP contribution in [0.4, 0.5) is 5.13 Å². The normalized spacial score (nSPS) is 11.3. The molecule has 0 fully saturated rings. The van der Waals surface area contributed by atoms with E-state index in [1.54, 1.807) is 28.4 Å². The van der Waals surface area contributed by atoms with E-state index in [9.17, 15) is 4.79 Å². The van der Waals surface area contributed by atoms with Crippen molar-refractivity contribution >= 4 is 44.2 Å². The second kappa shape index (κ2) is 8.83. The van der Waals surface area contributed by atoms with Crippen LogP contribution in [-0.4, -0.2) is 37.1 Å². The Morgan fingerprint density at radius 2 is 1.93 bits per heavy atom. The standard InChI is InChI=1S/C21H24ClN3OS/c1-4-24(5-2)12-13-25(20(26)16-8-6-7-9-17(16)22)21-23-18-11-10-15(3)14-19(18)27-21/h6-11,14H,4-5,12-13H2,1-3H3/p+1. The maximum atomic E-state index is 13.3. The predicted octanol–water partition coefficient (Wildman–Crippen LogP) is 3.83. The molecular formula is C21H25ClN3OS+. The first-order valence-corrected chi connectivity index (χ1v) is 10.5. The second-order valence-electron chi connectivity index (χ2n) is 6.61. The third kappa shape index (κ3) is 4.49. The number of fused-ring (bicyclic) bond motifs is 1. The molecule has 0 bridgehead atoms. The van der Waals surface area contributed by atoms with Gasteiger partial charge in [0.05, 0.1) is 47.0 Å². The summed E-state index contributed by atoms with van der Waals surface area (Å²) >= 11 is 7.85. The van der Waals surface area contributed by atoms with Crippen molar-refractivity contribution in [2.75, 3.05) is 31.1 Å². The number of quaternary nitrogens is 1. The monoisotopic (exact) mass is 402 g/mol. The fraction of sp³-hybridized carbons (Fsp3) is 0.333. The molecule has 1 aromatic heterocycles. The molecule has 6 heteroatoms. The summed E-state index contributed by atoms with van der Waals surface area (Å²) in [5, 5.41) is 1.20. The number of carbonyl (C=O) groups excluding carboxylic acids is 1. The second-order valence-corrected chi connectivity index (χ2v) is 8.03. The van der Waals surface area contributed by atoms with Crippen LogP contribution in [-0.2, 0) is 0 Å². The van der Waals surface area contributed by atoms with E-state index in [1.165, 1.54) is 10.5 Å². The molecule has 0 unspecified atom stereocenters. The first-order valence-electron chi connectivity index (χ1n) is 9.30. The largest absolute Gasteiger partial charge is 0.334 e. The van der Waals surface area contributed by atoms with Gasteiger partial charge in [-0.2, -0.15) is 0 Å². The minimum absolute atomic E-state index is 0.0945. The van der Waals surface area contributed by atoms with E-state index in [1.807, 2.05) is 24.3 Å². The molecule has 0 aliphatic carbocycles. The SMILES string of the molecule is CC[NH+](CC)CCN(C(=O)c1ccccc1Cl)c1nc2ccc(C)cc2s1. The van der Waals surface area contributed by atoms with Crippen LogP contribution in [0.2, 0.25) is 5.02 Å². The number of aromatic nitrogens is 1. The highest BCUT2D eigenvalue weighted by molar-refractivity contribution is 7.22. The van der Waals surface area contributed by atoms with Crippen molar-refractivity contribution in [3.8, 4) is 0 Å². The van der Waals surface area contributed by atoms with Gasteiger partial charge in [0.15, 0.2) is 5.13 Å². The highest BCUT2D eigenvalue weighted by Crippen LogP contribution is 2.31. The summed E-state index contributed by atoms with van der Waals surface area (Å²) in [4.78, 5) is 21.3. The van der Waals surface area contributed by atoms with Crippen molar-refractivity contribution in [2.45, 2.75) is 20.8 Å². The fourth-order valence-electron chi connectivity index (χ4n) is 3.07. The average molecular weight is 403 g/mol. The lowest BCUT2D eigenvalue weighted by atomic mass is 10.2. The first kappa shape index (κ1) is 19.8. The van der Waals surface area contributed by atoms with Crippen molar-refractivity contribution in [1.82, 2.24) is 4.98 Å². The molecule has 0 saturated carbocycles. The third-order valence-corrected chi connectivity index (χ3v) is 6.17. The first-order chi connectivity index (χ1) is 13.0. The molecule has 1 N–H and O–H groups in total. The van der Waals surface area contributed by atoms with E-state index >= 15 is 0 Å². The zero-order valence-electron chi connectivity index (χ0n) is 16.0. The molecule has 1 heterocycles. The number of rotatable bonds is 7. The number of anilines is 1. The molecule has 3 rings (SSSR count). The molecule has 0 spiro atoms. The van der Waals surface area contributed by atoms with Gasteiger partial charge in [0, 0.05) is 0 Å². The Kier molecular flexibility index (Phi) is 6.47. The molecule has 0 radical (unpaired) electrons. The van der Waals surface area contributed by atoms with E-state index in [0.29, 0.717) is 17.1 Å². The quantitative estimate of drug-likeness (QED) is 0.652.